The molecule has 0 fully saturated rings. The fraction of sp³-hybridized carbons (Fsp3) is 0.267. The number of nitrogens with zero attached hydrogens (tertiary/aromatic N) is 1. The van der Waals surface area contributed by atoms with Crippen molar-refractivity contribution in [3.8, 4) is 5.75 Å². The average molecular weight is 260 g/mol. The number of benzene rings is 1. The van der Waals surface area contributed by atoms with Crippen LogP contribution in [0, 0.1) is 5.82 Å². The van der Waals surface area contributed by atoms with Gasteiger partial charge in [-0.1, -0.05) is 12.1 Å². The van der Waals surface area contributed by atoms with Crippen LogP contribution in [0.25, 0.3) is 0 Å². The second-order valence-electron chi connectivity index (χ2n) is 4.36. The Bertz CT molecular complexity index is 531. The molecule has 0 saturated carbocycles. The molecule has 2 aromatic rings. The first-order chi connectivity index (χ1) is 9.20. The van der Waals surface area contributed by atoms with Crippen LogP contribution in [0.4, 0.5) is 4.39 Å². The summed E-state index contributed by atoms with van der Waals surface area (Å²) in [6.45, 7) is 2.65. The lowest BCUT2D eigenvalue weighted by molar-refractivity contribution is 0.386. The van der Waals surface area contributed by atoms with E-state index in [2.05, 4.69) is 17.2 Å². The second kappa shape index (κ2) is 6.29. The summed E-state index contributed by atoms with van der Waals surface area (Å²) in [6.07, 6.45) is 3.57. The summed E-state index contributed by atoms with van der Waals surface area (Å²) < 4.78 is 18.4. The Balaban J connectivity index is 1.97. The summed E-state index contributed by atoms with van der Waals surface area (Å²) in [7, 11) is 1.46. The zero-order chi connectivity index (χ0) is 13.7. The standard InChI is InChI=1S/C15H17FN2O/c1-11(13-4-3-7-17-10-13)18-9-12-5-6-15(19-2)14(16)8-12/h3-8,10-11,18H,9H2,1-2H3/t11-/m1/s1. The minimum Gasteiger partial charge on any atom is -0.494 e. The molecule has 0 saturated heterocycles. The monoisotopic (exact) mass is 260 g/mol. The van der Waals surface area contributed by atoms with Gasteiger partial charge in [0.1, 0.15) is 0 Å². The van der Waals surface area contributed by atoms with E-state index in [0.29, 0.717) is 6.54 Å². The smallest absolute Gasteiger partial charge is 0.165 e. The van der Waals surface area contributed by atoms with Crippen molar-refractivity contribution in [2.24, 2.45) is 0 Å². The van der Waals surface area contributed by atoms with Crippen LogP contribution in [-0.2, 0) is 6.54 Å². The predicted molar refractivity (Wildman–Crippen MR) is 72.4 cm³/mol. The number of ether oxygens (including phenoxy) is 1. The van der Waals surface area contributed by atoms with Gasteiger partial charge in [0.15, 0.2) is 11.6 Å². The third-order valence-electron chi connectivity index (χ3n) is 3.01. The number of hydrogen-bond acceptors (Lipinski definition) is 3. The van der Waals surface area contributed by atoms with Crippen molar-refractivity contribution in [1.82, 2.24) is 10.3 Å². The minimum absolute atomic E-state index is 0.166. The van der Waals surface area contributed by atoms with Gasteiger partial charge < -0.3 is 10.1 Å². The number of rotatable bonds is 5. The molecule has 4 heteroatoms. The molecule has 1 aromatic heterocycles. The second-order valence-corrected chi connectivity index (χ2v) is 4.36. The number of methoxy groups -OCH3 is 1. The molecule has 0 radical (unpaired) electrons. The molecular formula is C15H17FN2O. The molecule has 2 rings (SSSR count). The molecule has 1 aromatic carbocycles. The zero-order valence-corrected chi connectivity index (χ0v) is 11.1. The van der Waals surface area contributed by atoms with Gasteiger partial charge in [0.05, 0.1) is 7.11 Å². The molecule has 0 unspecified atom stereocenters. The lowest BCUT2D eigenvalue weighted by Gasteiger charge is -2.14. The molecule has 0 amide bonds. The van der Waals surface area contributed by atoms with Crippen molar-refractivity contribution in [1.29, 1.82) is 0 Å². The fourth-order valence-electron chi connectivity index (χ4n) is 1.84. The quantitative estimate of drug-likeness (QED) is 0.897. The van der Waals surface area contributed by atoms with E-state index in [0.717, 1.165) is 11.1 Å². The van der Waals surface area contributed by atoms with E-state index in [1.54, 1.807) is 12.3 Å². The molecule has 0 aliphatic rings. The maximum Gasteiger partial charge on any atom is 0.165 e. The third kappa shape index (κ3) is 3.51. The highest BCUT2D eigenvalue weighted by Crippen LogP contribution is 2.18. The molecule has 0 aliphatic heterocycles. The Hall–Kier alpha value is -1.94. The van der Waals surface area contributed by atoms with Gasteiger partial charge in [-0.05, 0) is 36.2 Å². The summed E-state index contributed by atoms with van der Waals surface area (Å²) in [4.78, 5) is 4.08. The van der Waals surface area contributed by atoms with Gasteiger partial charge in [0.2, 0.25) is 0 Å². The van der Waals surface area contributed by atoms with E-state index in [1.165, 1.54) is 13.2 Å². The lowest BCUT2D eigenvalue weighted by Crippen LogP contribution is -2.18. The van der Waals surface area contributed by atoms with E-state index in [-0.39, 0.29) is 17.6 Å². The Kier molecular flexibility index (Phi) is 4.47. The van der Waals surface area contributed by atoms with Crippen molar-refractivity contribution in [2.75, 3.05) is 7.11 Å². The molecule has 0 aliphatic carbocycles. The largest absolute Gasteiger partial charge is 0.494 e. The first-order valence-electron chi connectivity index (χ1n) is 6.16. The third-order valence-corrected chi connectivity index (χ3v) is 3.01. The molecule has 100 valence electrons. The Morgan fingerprint density at radius 3 is 2.84 bits per heavy atom. The predicted octanol–water partition coefficient (Wildman–Crippen LogP) is 3.08. The highest BCUT2D eigenvalue weighted by atomic mass is 19.1. The van der Waals surface area contributed by atoms with Gasteiger partial charge in [-0.15, -0.1) is 0 Å². The molecule has 0 bridgehead atoms. The number of halogens is 1. The minimum atomic E-state index is -0.337. The van der Waals surface area contributed by atoms with Crippen LogP contribution >= 0.6 is 0 Å². The number of pyridine rings is 1. The van der Waals surface area contributed by atoms with Crippen LogP contribution in [0.15, 0.2) is 42.7 Å². The van der Waals surface area contributed by atoms with Gasteiger partial charge in [0.25, 0.3) is 0 Å². The Morgan fingerprint density at radius 2 is 2.21 bits per heavy atom. The maximum atomic E-state index is 13.5. The summed E-state index contributed by atoms with van der Waals surface area (Å²) in [5.74, 6) is -0.0695. The Morgan fingerprint density at radius 1 is 1.37 bits per heavy atom. The van der Waals surface area contributed by atoms with E-state index >= 15 is 0 Å². The average Bonchev–Trinajstić information content (AvgIpc) is 2.46. The van der Waals surface area contributed by atoms with Crippen molar-refractivity contribution >= 4 is 0 Å². The summed E-state index contributed by atoms with van der Waals surface area (Å²) in [6, 6.07) is 9.06. The summed E-state index contributed by atoms with van der Waals surface area (Å²) in [5.41, 5.74) is 1.99. The van der Waals surface area contributed by atoms with Crippen LogP contribution in [0.1, 0.15) is 24.1 Å². The first kappa shape index (κ1) is 13.5. The van der Waals surface area contributed by atoms with Crippen molar-refractivity contribution in [3.05, 3.63) is 59.7 Å². The molecule has 1 atom stereocenters. The summed E-state index contributed by atoms with van der Waals surface area (Å²) in [5, 5.41) is 3.33. The van der Waals surface area contributed by atoms with Crippen molar-refractivity contribution in [3.63, 3.8) is 0 Å². The van der Waals surface area contributed by atoms with Gasteiger partial charge in [0, 0.05) is 25.0 Å². The first-order valence-corrected chi connectivity index (χ1v) is 6.16. The SMILES string of the molecule is COc1ccc(CN[C@H](C)c2cccnc2)cc1F. The zero-order valence-electron chi connectivity index (χ0n) is 11.1. The topological polar surface area (TPSA) is 34.1 Å². The van der Waals surface area contributed by atoms with Gasteiger partial charge in [-0.25, -0.2) is 4.39 Å². The normalized spacial score (nSPS) is 12.2. The lowest BCUT2D eigenvalue weighted by atomic mass is 10.1. The van der Waals surface area contributed by atoms with Gasteiger partial charge in [-0.2, -0.15) is 0 Å². The van der Waals surface area contributed by atoms with Crippen LogP contribution in [0.2, 0.25) is 0 Å². The van der Waals surface area contributed by atoms with Crippen LogP contribution in [-0.4, -0.2) is 12.1 Å². The van der Waals surface area contributed by atoms with Gasteiger partial charge in [-0.3, -0.25) is 4.98 Å². The van der Waals surface area contributed by atoms with E-state index in [1.807, 2.05) is 24.4 Å². The molecule has 0 spiro atoms. The maximum absolute atomic E-state index is 13.5. The van der Waals surface area contributed by atoms with Crippen LogP contribution in [0.5, 0.6) is 5.75 Å². The number of nitrogens with one attached hydrogen (secondary N) is 1. The Labute approximate surface area is 112 Å². The molecule has 1 N–H and O–H groups in total. The molecular weight excluding hydrogens is 243 g/mol. The highest BCUT2D eigenvalue weighted by molar-refractivity contribution is 5.29. The fourth-order valence-corrected chi connectivity index (χ4v) is 1.84. The molecule has 1 heterocycles. The van der Waals surface area contributed by atoms with Crippen LogP contribution < -0.4 is 10.1 Å². The van der Waals surface area contributed by atoms with E-state index in [4.69, 9.17) is 4.74 Å². The number of aromatic nitrogens is 1. The highest BCUT2D eigenvalue weighted by Gasteiger charge is 2.06. The van der Waals surface area contributed by atoms with Crippen molar-refractivity contribution in [2.45, 2.75) is 19.5 Å². The van der Waals surface area contributed by atoms with Gasteiger partial charge >= 0.3 is 0 Å². The molecule has 3 nitrogen and oxygen atoms in total. The van der Waals surface area contributed by atoms with Crippen LogP contribution in [0.3, 0.4) is 0 Å². The number of hydrogen-bond donors (Lipinski definition) is 1. The van der Waals surface area contributed by atoms with E-state index < -0.39 is 0 Å². The molecule has 19 heavy (non-hydrogen) atoms. The van der Waals surface area contributed by atoms with E-state index in [9.17, 15) is 4.39 Å². The summed E-state index contributed by atoms with van der Waals surface area (Å²) >= 11 is 0. The van der Waals surface area contributed by atoms with Crippen molar-refractivity contribution < 1.29 is 9.13 Å².